The largest absolute Gasteiger partial charge is 0.387 e. The molecule has 0 radical (unpaired) electrons. The monoisotopic (exact) mass is 276 g/mol. The lowest BCUT2D eigenvalue weighted by Crippen LogP contribution is -2.16. The normalized spacial score (nSPS) is 12.0. The van der Waals surface area contributed by atoms with E-state index >= 15 is 0 Å². The molecule has 0 amide bonds. The van der Waals surface area contributed by atoms with Gasteiger partial charge in [0.2, 0.25) is 5.95 Å². The van der Waals surface area contributed by atoms with Gasteiger partial charge in [0.05, 0.1) is 6.10 Å². The van der Waals surface area contributed by atoms with Crippen LogP contribution in [-0.4, -0.2) is 35.7 Å². The molecule has 0 saturated carbocycles. The Labute approximate surface area is 117 Å². The van der Waals surface area contributed by atoms with E-state index < -0.39 is 6.10 Å². The van der Waals surface area contributed by atoms with E-state index in [2.05, 4.69) is 15.3 Å². The summed E-state index contributed by atoms with van der Waals surface area (Å²) in [7, 11) is 3.70. The van der Waals surface area contributed by atoms with Crippen LogP contribution in [0, 0.1) is 5.82 Å². The van der Waals surface area contributed by atoms with Gasteiger partial charge in [-0.05, 0) is 23.8 Å². The molecule has 0 aliphatic heterocycles. The third-order valence-corrected chi connectivity index (χ3v) is 2.75. The average Bonchev–Trinajstić information content (AvgIpc) is 2.45. The van der Waals surface area contributed by atoms with Gasteiger partial charge in [-0.15, -0.1) is 0 Å². The van der Waals surface area contributed by atoms with E-state index in [0.29, 0.717) is 17.3 Å². The first-order chi connectivity index (χ1) is 9.56. The number of aliphatic hydroxyl groups excluding tert-OH is 1. The van der Waals surface area contributed by atoms with Crippen LogP contribution in [0.4, 0.5) is 16.2 Å². The zero-order chi connectivity index (χ0) is 14.5. The van der Waals surface area contributed by atoms with Crippen molar-refractivity contribution in [3.63, 3.8) is 0 Å². The lowest BCUT2D eigenvalue weighted by atomic mass is 10.1. The molecule has 1 atom stereocenters. The molecule has 0 spiro atoms. The number of halogens is 1. The lowest BCUT2D eigenvalue weighted by Gasteiger charge is -2.14. The van der Waals surface area contributed by atoms with Gasteiger partial charge in [0.1, 0.15) is 11.6 Å². The summed E-state index contributed by atoms with van der Waals surface area (Å²) in [5.74, 6) is 0.827. The Morgan fingerprint density at radius 2 is 2.15 bits per heavy atom. The Balaban J connectivity index is 1.99. The highest BCUT2D eigenvalue weighted by Gasteiger charge is 2.09. The first kappa shape index (κ1) is 14.2. The van der Waals surface area contributed by atoms with Crippen LogP contribution in [0.15, 0.2) is 36.5 Å². The second-order valence-corrected chi connectivity index (χ2v) is 4.59. The van der Waals surface area contributed by atoms with Crippen molar-refractivity contribution < 1.29 is 9.50 Å². The summed E-state index contributed by atoms with van der Waals surface area (Å²) in [5.41, 5.74) is 0.527. The number of aliphatic hydroxyl groups is 1. The number of aromatic nitrogens is 2. The topological polar surface area (TPSA) is 61.3 Å². The third kappa shape index (κ3) is 3.64. The molecule has 5 nitrogen and oxygen atoms in total. The predicted molar refractivity (Wildman–Crippen MR) is 76.2 cm³/mol. The van der Waals surface area contributed by atoms with E-state index in [1.54, 1.807) is 29.3 Å². The number of nitrogens with one attached hydrogen (secondary N) is 1. The van der Waals surface area contributed by atoms with Gasteiger partial charge >= 0.3 is 0 Å². The van der Waals surface area contributed by atoms with Crippen LogP contribution in [-0.2, 0) is 0 Å². The number of hydrogen-bond donors (Lipinski definition) is 2. The van der Waals surface area contributed by atoms with E-state index in [-0.39, 0.29) is 12.4 Å². The molecule has 0 fully saturated rings. The van der Waals surface area contributed by atoms with Gasteiger partial charge in [-0.3, -0.25) is 0 Å². The molecule has 0 aliphatic rings. The van der Waals surface area contributed by atoms with Crippen molar-refractivity contribution in [2.75, 3.05) is 30.9 Å². The van der Waals surface area contributed by atoms with Crippen molar-refractivity contribution in [1.29, 1.82) is 0 Å². The van der Waals surface area contributed by atoms with Crippen LogP contribution in [0.2, 0.25) is 0 Å². The SMILES string of the molecule is CN(C)c1nccc(NCC(O)c2cccc(F)c2)n1. The van der Waals surface area contributed by atoms with Gasteiger partial charge in [0.15, 0.2) is 0 Å². The highest BCUT2D eigenvalue weighted by molar-refractivity contribution is 5.40. The number of rotatable bonds is 5. The maximum atomic E-state index is 13.1. The third-order valence-electron chi connectivity index (χ3n) is 2.75. The molecule has 2 N–H and O–H groups in total. The van der Waals surface area contributed by atoms with Gasteiger partial charge in [-0.25, -0.2) is 9.37 Å². The van der Waals surface area contributed by atoms with Gasteiger partial charge < -0.3 is 15.3 Å². The van der Waals surface area contributed by atoms with E-state index in [4.69, 9.17) is 0 Å². The fourth-order valence-corrected chi connectivity index (χ4v) is 1.70. The zero-order valence-corrected chi connectivity index (χ0v) is 11.4. The van der Waals surface area contributed by atoms with Crippen LogP contribution in [0.1, 0.15) is 11.7 Å². The van der Waals surface area contributed by atoms with Crippen LogP contribution < -0.4 is 10.2 Å². The fraction of sp³-hybridized carbons (Fsp3) is 0.286. The van der Waals surface area contributed by atoms with E-state index in [9.17, 15) is 9.50 Å². The molecule has 2 rings (SSSR count). The molecule has 0 bridgehead atoms. The quantitative estimate of drug-likeness (QED) is 0.872. The minimum absolute atomic E-state index is 0.243. The van der Waals surface area contributed by atoms with Gasteiger partial charge in [0.25, 0.3) is 0 Å². The van der Waals surface area contributed by atoms with E-state index in [1.165, 1.54) is 12.1 Å². The Kier molecular flexibility index (Phi) is 4.47. The molecule has 2 aromatic rings. The molecule has 1 aromatic carbocycles. The maximum absolute atomic E-state index is 13.1. The van der Waals surface area contributed by atoms with Crippen molar-refractivity contribution in [2.24, 2.45) is 0 Å². The second kappa shape index (κ2) is 6.29. The van der Waals surface area contributed by atoms with Gasteiger partial charge in [-0.2, -0.15) is 4.98 Å². The van der Waals surface area contributed by atoms with Gasteiger partial charge in [0, 0.05) is 26.8 Å². The van der Waals surface area contributed by atoms with E-state index in [0.717, 1.165) is 0 Å². The summed E-state index contributed by atoms with van der Waals surface area (Å²) in [5, 5.41) is 13.0. The molecule has 20 heavy (non-hydrogen) atoms. The highest BCUT2D eigenvalue weighted by atomic mass is 19.1. The standard InChI is InChI=1S/C14H17FN4O/c1-19(2)14-16-7-6-13(18-14)17-9-12(20)10-4-3-5-11(15)8-10/h3-8,12,20H,9H2,1-2H3,(H,16,17,18). The van der Waals surface area contributed by atoms with Crippen molar-refractivity contribution in [3.8, 4) is 0 Å². The predicted octanol–water partition coefficient (Wildman–Crippen LogP) is 1.83. The molecule has 1 heterocycles. The summed E-state index contributed by atoms with van der Waals surface area (Å²) >= 11 is 0. The zero-order valence-electron chi connectivity index (χ0n) is 11.4. The Bertz CT molecular complexity index is 577. The average molecular weight is 276 g/mol. The number of benzene rings is 1. The van der Waals surface area contributed by atoms with Gasteiger partial charge in [-0.1, -0.05) is 12.1 Å². The summed E-state index contributed by atoms with van der Waals surface area (Å²) in [6.07, 6.45) is 0.836. The van der Waals surface area contributed by atoms with Crippen molar-refractivity contribution >= 4 is 11.8 Å². The Hall–Kier alpha value is -2.21. The number of hydrogen-bond acceptors (Lipinski definition) is 5. The smallest absolute Gasteiger partial charge is 0.226 e. The maximum Gasteiger partial charge on any atom is 0.226 e. The van der Waals surface area contributed by atoms with E-state index in [1.807, 2.05) is 14.1 Å². The molecule has 0 aliphatic carbocycles. The molecule has 6 heteroatoms. The molecule has 1 aromatic heterocycles. The minimum atomic E-state index is -0.802. The molecular formula is C14H17FN4O. The van der Waals surface area contributed by atoms with Crippen molar-refractivity contribution in [1.82, 2.24) is 9.97 Å². The summed E-state index contributed by atoms with van der Waals surface area (Å²) < 4.78 is 13.1. The summed E-state index contributed by atoms with van der Waals surface area (Å²) in [4.78, 5) is 10.2. The summed E-state index contributed by atoms with van der Waals surface area (Å²) in [6, 6.07) is 7.63. The van der Waals surface area contributed by atoms with Crippen LogP contribution in [0.25, 0.3) is 0 Å². The fourth-order valence-electron chi connectivity index (χ4n) is 1.70. The first-order valence-corrected chi connectivity index (χ1v) is 6.24. The summed E-state index contributed by atoms with van der Waals surface area (Å²) in [6.45, 7) is 0.243. The minimum Gasteiger partial charge on any atom is -0.387 e. The van der Waals surface area contributed by atoms with Crippen molar-refractivity contribution in [2.45, 2.75) is 6.10 Å². The first-order valence-electron chi connectivity index (χ1n) is 6.24. The molecule has 1 unspecified atom stereocenters. The Morgan fingerprint density at radius 1 is 1.35 bits per heavy atom. The Morgan fingerprint density at radius 3 is 2.85 bits per heavy atom. The van der Waals surface area contributed by atoms with Crippen LogP contribution in [0.3, 0.4) is 0 Å². The highest BCUT2D eigenvalue weighted by Crippen LogP contribution is 2.15. The van der Waals surface area contributed by atoms with Crippen LogP contribution >= 0.6 is 0 Å². The number of anilines is 2. The molecule has 106 valence electrons. The number of nitrogens with zero attached hydrogens (tertiary/aromatic N) is 3. The second-order valence-electron chi connectivity index (χ2n) is 4.59. The lowest BCUT2D eigenvalue weighted by molar-refractivity contribution is 0.191. The van der Waals surface area contributed by atoms with Crippen LogP contribution in [0.5, 0.6) is 0 Å². The molecular weight excluding hydrogens is 259 g/mol. The van der Waals surface area contributed by atoms with Crippen molar-refractivity contribution in [3.05, 3.63) is 47.9 Å². The molecule has 0 saturated heterocycles.